The van der Waals surface area contributed by atoms with E-state index >= 15 is 0 Å². The molecule has 0 aromatic heterocycles. The third kappa shape index (κ3) is 4.77. The second-order valence-corrected chi connectivity index (χ2v) is 6.26. The summed E-state index contributed by atoms with van der Waals surface area (Å²) in [6, 6.07) is 0.477. The van der Waals surface area contributed by atoms with Crippen LogP contribution in [0, 0.1) is 5.92 Å². The number of esters is 1. The molecule has 110 valence electrons. The summed E-state index contributed by atoms with van der Waals surface area (Å²) in [6.45, 7) is 7.11. The highest BCUT2D eigenvalue weighted by atomic mass is 16.5. The molecule has 4 heteroatoms. The summed E-state index contributed by atoms with van der Waals surface area (Å²) in [5.41, 5.74) is -0.611. The van der Waals surface area contributed by atoms with E-state index in [4.69, 9.17) is 9.47 Å². The maximum atomic E-state index is 12.2. The number of carbonyl (C=O) groups excluding carboxylic acids is 1. The van der Waals surface area contributed by atoms with Crippen LogP contribution in [0.2, 0.25) is 0 Å². The average Bonchev–Trinajstić information content (AvgIpc) is 3.22. The van der Waals surface area contributed by atoms with Crippen LogP contribution in [0.25, 0.3) is 0 Å². The van der Waals surface area contributed by atoms with Crippen LogP contribution >= 0.6 is 0 Å². The van der Waals surface area contributed by atoms with Gasteiger partial charge in [-0.1, -0.05) is 0 Å². The maximum absolute atomic E-state index is 12.2. The van der Waals surface area contributed by atoms with Gasteiger partial charge < -0.3 is 9.47 Å². The molecule has 2 aliphatic carbocycles. The van der Waals surface area contributed by atoms with Crippen LogP contribution in [-0.4, -0.2) is 36.9 Å². The zero-order chi connectivity index (χ0) is 13.9. The molecule has 0 bridgehead atoms. The van der Waals surface area contributed by atoms with Crippen molar-refractivity contribution >= 4 is 5.97 Å². The quantitative estimate of drug-likeness (QED) is 0.652. The van der Waals surface area contributed by atoms with Gasteiger partial charge >= 0.3 is 5.97 Å². The highest BCUT2D eigenvalue weighted by molar-refractivity contribution is 5.80. The van der Waals surface area contributed by atoms with E-state index in [0.29, 0.717) is 19.1 Å². The van der Waals surface area contributed by atoms with Gasteiger partial charge in [-0.3, -0.25) is 10.1 Å². The topological polar surface area (TPSA) is 47.6 Å². The number of carbonyl (C=O) groups is 1. The van der Waals surface area contributed by atoms with Crippen molar-refractivity contribution in [2.45, 2.75) is 70.6 Å². The first-order chi connectivity index (χ1) is 9.03. The van der Waals surface area contributed by atoms with E-state index in [1.165, 1.54) is 12.8 Å². The van der Waals surface area contributed by atoms with E-state index in [1.807, 2.05) is 13.8 Å². The first-order valence-corrected chi connectivity index (χ1v) is 7.60. The summed E-state index contributed by atoms with van der Waals surface area (Å²) in [7, 11) is 0. The number of rotatable bonds is 9. The average molecular weight is 269 g/mol. The minimum absolute atomic E-state index is 0.0845. The van der Waals surface area contributed by atoms with Crippen LogP contribution in [0.4, 0.5) is 0 Å². The highest BCUT2D eigenvalue weighted by Crippen LogP contribution is 2.30. The Morgan fingerprint density at radius 1 is 1.37 bits per heavy atom. The Labute approximate surface area is 116 Å². The molecule has 2 atom stereocenters. The second kappa shape index (κ2) is 6.23. The van der Waals surface area contributed by atoms with Crippen LogP contribution < -0.4 is 5.32 Å². The van der Waals surface area contributed by atoms with Crippen molar-refractivity contribution in [1.29, 1.82) is 0 Å². The van der Waals surface area contributed by atoms with E-state index in [-0.39, 0.29) is 12.1 Å². The molecule has 2 unspecified atom stereocenters. The van der Waals surface area contributed by atoms with Gasteiger partial charge in [0.1, 0.15) is 5.54 Å². The SMILES string of the molecule is CCOC(=O)C(C)(CC(C)OCC1CC1)NC1CC1. The molecule has 0 aliphatic heterocycles. The summed E-state index contributed by atoms with van der Waals surface area (Å²) in [6.07, 6.45) is 5.67. The van der Waals surface area contributed by atoms with Gasteiger partial charge in [0.2, 0.25) is 0 Å². The molecule has 2 fully saturated rings. The molecule has 2 saturated carbocycles. The molecule has 1 N–H and O–H groups in total. The third-order valence-corrected chi connectivity index (χ3v) is 3.84. The standard InChI is InChI=1S/C15H27NO3/c1-4-18-14(17)15(3,16-13-7-8-13)9-11(2)19-10-12-5-6-12/h11-13,16H,4-10H2,1-3H3. The van der Waals surface area contributed by atoms with Crippen LogP contribution in [0.3, 0.4) is 0 Å². The molecule has 2 rings (SSSR count). The molecule has 2 aliphatic rings. The van der Waals surface area contributed by atoms with Crippen molar-refractivity contribution in [1.82, 2.24) is 5.32 Å². The molecule has 0 saturated heterocycles. The second-order valence-electron chi connectivity index (χ2n) is 6.26. The normalized spacial score (nSPS) is 23.7. The Morgan fingerprint density at radius 2 is 2.05 bits per heavy atom. The molecule has 19 heavy (non-hydrogen) atoms. The molecule has 0 heterocycles. The fraction of sp³-hybridized carbons (Fsp3) is 0.933. The Balaban J connectivity index is 1.84. The van der Waals surface area contributed by atoms with E-state index in [1.54, 1.807) is 0 Å². The molecule has 0 aromatic rings. The van der Waals surface area contributed by atoms with Crippen molar-refractivity contribution in [3.8, 4) is 0 Å². The van der Waals surface area contributed by atoms with E-state index < -0.39 is 5.54 Å². The molecular formula is C15H27NO3. The minimum Gasteiger partial charge on any atom is -0.465 e. The lowest BCUT2D eigenvalue weighted by atomic mass is 9.94. The van der Waals surface area contributed by atoms with Crippen LogP contribution in [0.5, 0.6) is 0 Å². The van der Waals surface area contributed by atoms with Gasteiger partial charge in [0.25, 0.3) is 0 Å². The van der Waals surface area contributed by atoms with Crippen molar-refractivity contribution in [2.24, 2.45) is 5.92 Å². The first kappa shape index (κ1) is 14.8. The summed E-state index contributed by atoms with van der Waals surface area (Å²) >= 11 is 0. The van der Waals surface area contributed by atoms with Crippen molar-refractivity contribution < 1.29 is 14.3 Å². The predicted octanol–water partition coefficient (Wildman–Crippen LogP) is 2.27. The summed E-state index contributed by atoms with van der Waals surface area (Å²) in [4.78, 5) is 12.2. The Hall–Kier alpha value is -0.610. The maximum Gasteiger partial charge on any atom is 0.326 e. The molecule has 4 nitrogen and oxygen atoms in total. The van der Waals surface area contributed by atoms with Gasteiger partial charge in [0, 0.05) is 19.1 Å². The van der Waals surface area contributed by atoms with E-state index in [2.05, 4.69) is 12.2 Å². The van der Waals surface area contributed by atoms with Gasteiger partial charge in [-0.05, 0) is 52.4 Å². The monoisotopic (exact) mass is 269 g/mol. The number of nitrogens with one attached hydrogen (secondary N) is 1. The summed E-state index contributed by atoms with van der Waals surface area (Å²) in [5.74, 6) is 0.608. The van der Waals surface area contributed by atoms with Crippen LogP contribution in [0.1, 0.15) is 52.9 Å². The van der Waals surface area contributed by atoms with Crippen molar-refractivity contribution in [3.05, 3.63) is 0 Å². The smallest absolute Gasteiger partial charge is 0.326 e. The fourth-order valence-corrected chi connectivity index (χ4v) is 2.39. The van der Waals surface area contributed by atoms with E-state index in [0.717, 1.165) is 25.4 Å². The van der Waals surface area contributed by atoms with Gasteiger partial charge in [0.05, 0.1) is 12.7 Å². The molecule has 0 radical (unpaired) electrons. The van der Waals surface area contributed by atoms with Gasteiger partial charge in [-0.2, -0.15) is 0 Å². The van der Waals surface area contributed by atoms with Gasteiger partial charge in [-0.15, -0.1) is 0 Å². The fourth-order valence-electron chi connectivity index (χ4n) is 2.39. The highest BCUT2D eigenvalue weighted by Gasteiger charge is 2.41. The van der Waals surface area contributed by atoms with Crippen LogP contribution in [0.15, 0.2) is 0 Å². The zero-order valence-electron chi connectivity index (χ0n) is 12.4. The Morgan fingerprint density at radius 3 is 2.58 bits per heavy atom. The zero-order valence-corrected chi connectivity index (χ0v) is 12.4. The number of hydrogen-bond acceptors (Lipinski definition) is 4. The largest absolute Gasteiger partial charge is 0.465 e. The predicted molar refractivity (Wildman–Crippen MR) is 74.0 cm³/mol. The minimum atomic E-state index is -0.611. The lowest BCUT2D eigenvalue weighted by Gasteiger charge is -2.31. The number of ether oxygens (including phenoxy) is 2. The van der Waals surface area contributed by atoms with Gasteiger partial charge in [-0.25, -0.2) is 0 Å². The summed E-state index contributed by atoms with van der Waals surface area (Å²) in [5, 5.41) is 3.43. The van der Waals surface area contributed by atoms with E-state index in [9.17, 15) is 4.79 Å². The lowest BCUT2D eigenvalue weighted by Crippen LogP contribution is -2.53. The number of hydrogen-bond donors (Lipinski definition) is 1. The molecule has 0 spiro atoms. The first-order valence-electron chi connectivity index (χ1n) is 7.60. The van der Waals surface area contributed by atoms with Crippen molar-refractivity contribution in [3.63, 3.8) is 0 Å². The van der Waals surface area contributed by atoms with Gasteiger partial charge in [0.15, 0.2) is 0 Å². The molecule has 0 aromatic carbocycles. The van der Waals surface area contributed by atoms with Crippen LogP contribution in [-0.2, 0) is 14.3 Å². The van der Waals surface area contributed by atoms with Crippen molar-refractivity contribution in [2.75, 3.05) is 13.2 Å². The summed E-state index contributed by atoms with van der Waals surface area (Å²) < 4.78 is 11.1. The third-order valence-electron chi connectivity index (χ3n) is 3.84. The Bertz CT molecular complexity index is 313. The lowest BCUT2D eigenvalue weighted by molar-refractivity contribution is -0.152. The Kier molecular flexibility index (Phi) is 4.85. The molecule has 0 amide bonds. The molecular weight excluding hydrogens is 242 g/mol.